The largest absolute Gasteiger partial charge is 0.351 e. The van der Waals surface area contributed by atoms with E-state index in [1.807, 2.05) is 13.8 Å². The minimum atomic E-state index is -0.511. The predicted octanol–water partition coefficient (Wildman–Crippen LogP) is 3.59. The first kappa shape index (κ1) is 20.8. The zero-order valence-electron chi connectivity index (χ0n) is 15.9. The Morgan fingerprint density at radius 2 is 1.86 bits per heavy atom. The highest BCUT2D eigenvalue weighted by Crippen LogP contribution is 2.15. The Labute approximate surface area is 163 Å². The van der Waals surface area contributed by atoms with E-state index in [4.69, 9.17) is 0 Å². The maximum Gasteiger partial charge on any atom is 0.270 e. The first-order valence-electron chi connectivity index (χ1n) is 9.03. The monoisotopic (exact) mass is 381 g/mol. The van der Waals surface area contributed by atoms with E-state index >= 15 is 0 Å². The second-order valence-electron chi connectivity index (χ2n) is 6.34. The van der Waals surface area contributed by atoms with E-state index in [-0.39, 0.29) is 11.4 Å². The number of benzene rings is 2. The first-order valence-corrected chi connectivity index (χ1v) is 9.03. The van der Waals surface area contributed by atoms with Crippen molar-refractivity contribution in [3.8, 4) is 0 Å². The molecule has 0 aliphatic heterocycles. The number of carbonyl (C=O) groups excluding carboxylic acids is 2. The summed E-state index contributed by atoms with van der Waals surface area (Å²) in [6, 6.07) is 12.8. The van der Waals surface area contributed by atoms with Crippen LogP contribution >= 0.6 is 0 Å². The van der Waals surface area contributed by atoms with E-state index in [9.17, 15) is 19.7 Å². The molecule has 146 valence electrons. The third-order valence-corrected chi connectivity index (χ3v) is 4.01. The number of nitrogens with one attached hydrogen (secondary N) is 2. The molecule has 0 saturated carbocycles. The highest BCUT2D eigenvalue weighted by molar-refractivity contribution is 6.05. The number of rotatable bonds is 8. The third kappa shape index (κ3) is 6.05. The summed E-state index contributed by atoms with van der Waals surface area (Å²) < 4.78 is 0. The van der Waals surface area contributed by atoms with Crippen molar-refractivity contribution in [3.63, 3.8) is 0 Å². The van der Waals surface area contributed by atoms with E-state index in [0.717, 1.165) is 18.4 Å². The summed E-state index contributed by atoms with van der Waals surface area (Å²) in [5.74, 6) is -0.872. The van der Waals surface area contributed by atoms with Crippen molar-refractivity contribution < 1.29 is 14.5 Å². The Balaban J connectivity index is 2.29. The molecule has 0 aliphatic rings. The molecule has 2 N–H and O–H groups in total. The molecule has 0 aliphatic carbocycles. The Kier molecular flexibility index (Phi) is 7.45. The molecule has 0 radical (unpaired) electrons. The van der Waals surface area contributed by atoms with Crippen LogP contribution in [0.4, 0.5) is 5.69 Å². The molecule has 0 bridgehead atoms. The Morgan fingerprint density at radius 1 is 1.14 bits per heavy atom. The molecule has 2 aromatic carbocycles. The Morgan fingerprint density at radius 3 is 2.50 bits per heavy atom. The summed E-state index contributed by atoms with van der Waals surface area (Å²) in [6.45, 7) is 4.39. The van der Waals surface area contributed by atoms with Crippen LogP contribution in [0.3, 0.4) is 0 Å². The van der Waals surface area contributed by atoms with Crippen molar-refractivity contribution >= 4 is 23.6 Å². The van der Waals surface area contributed by atoms with Gasteiger partial charge in [0.2, 0.25) is 0 Å². The van der Waals surface area contributed by atoms with Crippen LogP contribution in [-0.2, 0) is 4.79 Å². The lowest BCUT2D eigenvalue weighted by Gasteiger charge is -2.11. The lowest BCUT2D eigenvalue weighted by atomic mass is 10.1. The van der Waals surface area contributed by atoms with E-state index in [2.05, 4.69) is 10.6 Å². The molecule has 0 fully saturated rings. The Bertz CT molecular complexity index is 889. The van der Waals surface area contributed by atoms with Crippen LogP contribution < -0.4 is 10.6 Å². The third-order valence-electron chi connectivity index (χ3n) is 4.01. The molecule has 7 nitrogen and oxygen atoms in total. The SMILES string of the molecule is CCCCNC(=O)/C(=C\c1cccc([N+](=O)[O-])c1)NC(=O)c1ccc(C)cc1. The number of amides is 2. The minimum absolute atomic E-state index is 0.0298. The van der Waals surface area contributed by atoms with Gasteiger partial charge in [0, 0.05) is 24.2 Å². The number of nitro groups is 1. The average Bonchev–Trinajstić information content (AvgIpc) is 2.68. The molecule has 2 aromatic rings. The fourth-order valence-corrected chi connectivity index (χ4v) is 2.43. The van der Waals surface area contributed by atoms with Gasteiger partial charge in [-0.1, -0.05) is 43.2 Å². The molecule has 7 heteroatoms. The summed E-state index contributed by atoms with van der Waals surface area (Å²) in [7, 11) is 0. The van der Waals surface area contributed by atoms with Gasteiger partial charge in [0.15, 0.2) is 0 Å². The van der Waals surface area contributed by atoms with Crippen molar-refractivity contribution in [2.45, 2.75) is 26.7 Å². The van der Waals surface area contributed by atoms with E-state index < -0.39 is 16.7 Å². The molecule has 0 spiro atoms. The van der Waals surface area contributed by atoms with Crippen molar-refractivity contribution in [1.82, 2.24) is 10.6 Å². The van der Waals surface area contributed by atoms with Gasteiger partial charge in [-0.25, -0.2) is 0 Å². The zero-order valence-corrected chi connectivity index (χ0v) is 15.9. The van der Waals surface area contributed by atoms with Gasteiger partial charge in [0.1, 0.15) is 5.70 Å². The Hall–Kier alpha value is -3.48. The van der Waals surface area contributed by atoms with Crippen LogP contribution in [0.2, 0.25) is 0 Å². The van der Waals surface area contributed by atoms with Gasteiger partial charge in [-0.3, -0.25) is 19.7 Å². The molecule has 0 saturated heterocycles. The van der Waals surface area contributed by atoms with Gasteiger partial charge in [-0.15, -0.1) is 0 Å². The van der Waals surface area contributed by atoms with Crippen molar-refractivity contribution in [1.29, 1.82) is 0 Å². The molecule has 0 aromatic heterocycles. The summed E-state index contributed by atoms with van der Waals surface area (Å²) in [4.78, 5) is 35.5. The standard InChI is InChI=1S/C21H23N3O4/c1-3-4-12-22-21(26)19(14-16-6-5-7-18(13-16)24(27)28)23-20(25)17-10-8-15(2)9-11-17/h5-11,13-14H,3-4,12H2,1-2H3,(H,22,26)(H,23,25)/b19-14+. The van der Waals surface area contributed by atoms with E-state index in [1.165, 1.54) is 24.3 Å². The van der Waals surface area contributed by atoms with Gasteiger partial charge in [-0.2, -0.15) is 0 Å². The van der Waals surface area contributed by atoms with Crippen LogP contribution in [0, 0.1) is 17.0 Å². The summed E-state index contributed by atoms with van der Waals surface area (Å²) in [5, 5.41) is 16.3. The quantitative estimate of drug-likeness (QED) is 0.316. The highest BCUT2D eigenvalue weighted by atomic mass is 16.6. The normalized spacial score (nSPS) is 11.0. The van der Waals surface area contributed by atoms with Crippen LogP contribution in [-0.4, -0.2) is 23.3 Å². The van der Waals surface area contributed by atoms with Crippen molar-refractivity contribution in [2.75, 3.05) is 6.54 Å². The van der Waals surface area contributed by atoms with Crippen LogP contribution in [0.1, 0.15) is 41.3 Å². The summed E-state index contributed by atoms with van der Waals surface area (Å²) >= 11 is 0. The summed E-state index contributed by atoms with van der Waals surface area (Å²) in [5.41, 5.74) is 1.81. The molecular weight excluding hydrogens is 358 g/mol. The van der Waals surface area contributed by atoms with E-state index in [0.29, 0.717) is 17.7 Å². The highest BCUT2D eigenvalue weighted by Gasteiger charge is 2.15. The number of hydrogen-bond donors (Lipinski definition) is 2. The van der Waals surface area contributed by atoms with Gasteiger partial charge >= 0.3 is 0 Å². The zero-order chi connectivity index (χ0) is 20.5. The van der Waals surface area contributed by atoms with Crippen molar-refractivity contribution in [3.05, 3.63) is 81.0 Å². The summed E-state index contributed by atoms with van der Waals surface area (Å²) in [6.07, 6.45) is 3.15. The van der Waals surface area contributed by atoms with Gasteiger partial charge < -0.3 is 10.6 Å². The number of carbonyl (C=O) groups is 2. The number of aryl methyl sites for hydroxylation is 1. The van der Waals surface area contributed by atoms with Gasteiger partial charge in [0.25, 0.3) is 17.5 Å². The lowest BCUT2D eigenvalue weighted by Crippen LogP contribution is -2.35. The van der Waals surface area contributed by atoms with Crippen LogP contribution in [0.25, 0.3) is 6.08 Å². The molecular formula is C21H23N3O4. The number of nitrogens with zero attached hydrogens (tertiary/aromatic N) is 1. The number of hydrogen-bond acceptors (Lipinski definition) is 4. The fraction of sp³-hybridized carbons (Fsp3) is 0.238. The second-order valence-corrected chi connectivity index (χ2v) is 6.34. The van der Waals surface area contributed by atoms with Crippen LogP contribution in [0.5, 0.6) is 0 Å². The number of nitro benzene ring substituents is 1. The number of non-ortho nitro benzene ring substituents is 1. The molecule has 28 heavy (non-hydrogen) atoms. The maximum atomic E-state index is 12.5. The fourth-order valence-electron chi connectivity index (χ4n) is 2.43. The lowest BCUT2D eigenvalue weighted by molar-refractivity contribution is -0.384. The average molecular weight is 381 g/mol. The molecule has 0 atom stereocenters. The van der Waals surface area contributed by atoms with E-state index in [1.54, 1.807) is 30.3 Å². The first-order chi connectivity index (χ1) is 13.4. The second kappa shape index (κ2) is 10.0. The molecule has 0 heterocycles. The minimum Gasteiger partial charge on any atom is -0.351 e. The maximum absolute atomic E-state index is 12.5. The van der Waals surface area contributed by atoms with Gasteiger partial charge in [-0.05, 0) is 37.1 Å². The van der Waals surface area contributed by atoms with Crippen LogP contribution in [0.15, 0.2) is 54.2 Å². The van der Waals surface area contributed by atoms with Gasteiger partial charge in [0.05, 0.1) is 4.92 Å². The topological polar surface area (TPSA) is 101 Å². The molecule has 2 amide bonds. The predicted molar refractivity (Wildman–Crippen MR) is 108 cm³/mol. The smallest absolute Gasteiger partial charge is 0.270 e. The molecule has 0 unspecified atom stereocenters. The number of unbranched alkanes of at least 4 members (excludes halogenated alkanes) is 1. The molecule has 2 rings (SSSR count). The van der Waals surface area contributed by atoms with Crippen molar-refractivity contribution in [2.24, 2.45) is 0 Å².